The van der Waals surface area contributed by atoms with Gasteiger partial charge >= 0.3 is 11.9 Å². The van der Waals surface area contributed by atoms with Crippen molar-refractivity contribution in [1.82, 2.24) is 0 Å². The van der Waals surface area contributed by atoms with Gasteiger partial charge in [0.25, 0.3) is 0 Å². The molecule has 0 unspecified atom stereocenters. The number of aromatic carboxylic acids is 2. The van der Waals surface area contributed by atoms with Crippen molar-refractivity contribution in [3.05, 3.63) is 29.1 Å². The lowest BCUT2D eigenvalue weighted by Crippen LogP contribution is -2.06. The molecule has 0 aromatic heterocycles. The highest BCUT2D eigenvalue weighted by Crippen LogP contribution is 2.24. The molecule has 15 heavy (non-hydrogen) atoms. The van der Waals surface area contributed by atoms with Gasteiger partial charge in [-0.05, 0) is 12.1 Å². The van der Waals surface area contributed by atoms with Crippen LogP contribution in [-0.2, 0) is 0 Å². The third-order valence-electron chi connectivity index (χ3n) is 1.73. The molecular formula is C9H7FO5. The normalized spacial score (nSPS) is 9.73. The van der Waals surface area contributed by atoms with Gasteiger partial charge in [0, 0.05) is 0 Å². The Hall–Kier alpha value is -2.11. The SMILES string of the molecule is COc1c(F)cc(C(=O)O)cc1C(=O)O. The topological polar surface area (TPSA) is 83.8 Å². The number of methoxy groups -OCH3 is 1. The second-order valence-corrected chi connectivity index (χ2v) is 2.65. The Morgan fingerprint density at radius 1 is 1.27 bits per heavy atom. The third-order valence-corrected chi connectivity index (χ3v) is 1.73. The van der Waals surface area contributed by atoms with Crippen LogP contribution in [0.3, 0.4) is 0 Å². The molecule has 1 rings (SSSR count). The number of carboxylic acids is 2. The Kier molecular flexibility index (Phi) is 2.89. The highest BCUT2D eigenvalue weighted by atomic mass is 19.1. The highest BCUT2D eigenvalue weighted by Gasteiger charge is 2.19. The Morgan fingerprint density at radius 3 is 2.27 bits per heavy atom. The molecule has 1 aromatic rings. The van der Waals surface area contributed by atoms with Crippen LogP contribution in [0.15, 0.2) is 12.1 Å². The van der Waals surface area contributed by atoms with E-state index in [0.29, 0.717) is 6.07 Å². The number of carboxylic acid groups (broad SMARTS) is 2. The van der Waals surface area contributed by atoms with Crippen molar-refractivity contribution in [3.8, 4) is 5.75 Å². The first-order valence-electron chi connectivity index (χ1n) is 3.81. The summed E-state index contributed by atoms with van der Waals surface area (Å²) in [4.78, 5) is 21.2. The molecule has 0 fully saturated rings. The molecule has 0 amide bonds. The van der Waals surface area contributed by atoms with Crippen molar-refractivity contribution in [3.63, 3.8) is 0 Å². The predicted molar refractivity (Wildman–Crippen MR) is 46.9 cm³/mol. The van der Waals surface area contributed by atoms with Crippen molar-refractivity contribution in [1.29, 1.82) is 0 Å². The van der Waals surface area contributed by atoms with Gasteiger partial charge in [0.15, 0.2) is 11.6 Å². The van der Waals surface area contributed by atoms with Crippen LogP contribution in [0.25, 0.3) is 0 Å². The van der Waals surface area contributed by atoms with E-state index in [-0.39, 0.29) is 0 Å². The lowest BCUT2D eigenvalue weighted by Gasteiger charge is -2.06. The summed E-state index contributed by atoms with van der Waals surface area (Å²) in [5.41, 5.74) is -0.958. The number of hydrogen-bond acceptors (Lipinski definition) is 3. The fourth-order valence-corrected chi connectivity index (χ4v) is 1.08. The third kappa shape index (κ3) is 2.04. The average Bonchev–Trinajstić information content (AvgIpc) is 2.16. The maximum atomic E-state index is 13.2. The van der Waals surface area contributed by atoms with E-state index >= 15 is 0 Å². The first kappa shape index (κ1) is 11.0. The zero-order valence-corrected chi connectivity index (χ0v) is 7.65. The van der Waals surface area contributed by atoms with Crippen molar-refractivity contribution in [2.75, 3.05) is 7.11 Å². The van der Waals surface area contributed by atoms with Crippen LogP contribution in [0.1, 0.15) is 20.7 Å². The quantitative estimate of drug-likeness (QED) is 0.790. The summed E-state index contributed by atoms with van der Waals surface area (Å²) in [7, 11) is 1.10. The van der Waals surface area contributed by atoms with Crippen molar-refractivity contribution in [2.24, 2.45) is 0 Å². The summed E-state index contributed by atoms with van der Waals surface area (Å²) < 4.78 is 17.7. The molecule has 0 heterocycles. The molecule has 0 saturated heterocycles. The first-order valence-corrected chi connectivity index (χ1v) is 3.81. The molecule has 5 nitrogen and oxygen atoms in total. The summed E-state index contributed by atoms with van der Waals surface area (Å²) in [5, 5.41) is 17.3. The molecule has 0 saturated carbocycles. The van der Waals surface area contributed by atoms with Crippen molar-refractivity contribution < 1.29 is 28.9 Å². The Morgan fingerprint density at radius 2 is 1.87 bits per heavy atom. The van der Waals surface area contributed by atoms with E-state index in [0.717, 1.165) is 13.2 Å². The van der Waals surface area contributed by atoms with E-state index in [4.69, 9.17) is 10.2 Å². The summed E-state index contributed by atoms with van der Waals surface area (Å²) in [5.74, 6) is -4.35. The summed E-state index contributed by atoms with van der Waals surface area (Å²) in [6.45, 7) is 0. The molecule has 1 aromatic carbocycles. The molecule has 0 aliphatic heterocycles. The lowest BCUT2D eigenvalue weighted by atomic mass is 10.1. The van der Waals surface area contributed by atoms with Gasteiger partial charge in [0.2, 0.25) is 0 Å². The number of benzene rings is 1. The smallest absolute Gasteiger partial charge is 0.339 e. The van der Waals surface area contributed by atoms with Crippen LogP contribution in [-0.4, -0.2) is 29.3 Å². The van der Waals surface area contributed by atoms with E-state index < -0.39 is 34.6 Å². The summed E-state index contributed by atoms with van der Waals surface area (Å²) in [6, 6.07) is 1.54. The summed E-state index contributed by atoms with van der Waals surface area (Å²) >= 11 is 0. The minimum Gasteiger partial charge on any atom is -0.493 e. The molecule has 0 spiro atoms. The van der Waals surface area contributed by atoms with Crippen LogP contribution >= 0.6 is 0 Å². The van der Waals surface area contributed by atoms with Crippen LogP contribution < -0.4 is 4.74 Å². The zero-order chi connectivity index (χ0) is 11.6. The average molecular weight is 214 g/mol. The van der Waals surface area contributed by atoms with Gasteiger partial charge in [-0.1, -0.05) is 0 Å². The van der Waals surface area contributed by atoms with Gasteiger partial charge in [-0.3, -0.25) is 0 Å². The molecule has 0 bridgehead atoms. The second kappa shape index (κ2) is 3.95. The fourth-order valence-electron chi connectivity index (χ4n) is 1.08. The molecule has 0 aliphatic carbocycles. The number of ether oxygens (including phenoxy) is 1. The Labute approximate surface area is 83.7 Å². The molecular weight excluding hydrogens is 207 g/mol. The fraction of sp³-hybridized carbons (Fsp3) is 0.111. The molecule has 80 valence electrons. The van der Waals surface area contributed by atoms with Gasteiger partial charge in [-0.25, -0.2) is 14.0 Å². The van der Waals surface area contributed by atoms with E-state index in [2.05, 4.69) is 4.74 Å². The van der Waals surface area contributed by atoms with Crippen LogP contribution in [0.5, 0.6) is 5.75 Å². The van der Waals surface area contributed by atoms with Crippen LogP contribution in [0.2, 0.25) is 0 Å². The minimum atomic E-state index is -1.45. The highest BCUT2D eigenvalue weighted by molar-refractivity contribution is 5.96. The Balaban J connectivity index is 3.45. The maximum Gasteiger partial charge on any atom is 0.339 e. The lowest BCUT2D eigenvalue weighted by molar-refractivity contribution is 0.0692. The molecule has 2 N–H and O–H groups in total. The summed E-state index contributed by atoms with van der Waals surface area (Å²) in [6.07, 6.45) is 0. The van der Waals surface area contributed by atoms with Crippen molar-refractivity contribution in [2.45, 2.75) is 0 Å². The molecule has 0 radical (unpaired) electrons. The van der Waals surface area contributed by atoms with E-state index in [1.165, 1.54) is 0 Å². The number of halogens is 1. The van der Waals surface area contributed by atoms with Crippen LogP contribution in [0.4, 0.5) is 4.39 Å². The number of rotatable bonds is 3. The first-order chi connectivity index (χ1) is 6.97. The van der Waals surface area contributed by atoms with Gasteiger partial charge in [-0.2, -0.15) is 0 Å². The zero-order valence-electron chi connectivity index (χ0n) is 7.65. The van der Waals surface area contributed by atoms with E-state index in [1.54, 1.807) is 0 Å². The largest absolute Gasteiger partial charge is 0.493 e. The van der Waals surface area contributed by atoms with Gasteiger partial charge in [0.1, 0.15) is 5.56 Å². The molecule has 0 aliphatic rings. The maximum absolute atomic E-state index is 13.2. The molecule has 6 heteroatoms. The van der Waals surface area contributed by atoms with E-state index in [9.17, 15) is 14.0 Å². The Bertz CT molecular complexity index is 427. The minimum absolute atomic E-state index is 0.439. The van der Waals surface area contributed by atoms with Crippen LogP contribution in [0, 0.1) is 5.82 Å². The van der Waals surface area contributed by atoms with Gasteiger partial charge in [-0.15, -0.1) is 0 Å². The van der Waals surface area contributed by atoms with Gasteiger partial charge < -0.3 is 14.9 Å². The second-order valence-electron chi connectivity index (χ2n) is 2.65. The molecule has 0 atom stereocenters. The monoisotopic (exact) mass is 214 g/mol. The number of carbonyl (C=O) groups is 2. The predicted octanol–water partition coefficient (Wildman–Crippen LogP) is 1.23. The number of hydrogen-bond donors (Lipinski definition) is 2. The standard InChI is InChI=1S/C9H7FO5/c1-15-7-5(9(13)14)2-4(8(11)12)3-6(7)10/h2-3H,1H3,(H,11,12)(H,13,14). The van der Waals surface area contributed by atoms with Crippen molar-refractivity contribution >= 4 is 11.9 Å². The van der Waals surface area contributed by atoms with E-state index in [1.807, 2.05) is 0 Å². The van der Waals surface area contributed by atoms with Gasteiger partial charge in [0.05, 0.1) is 12.7 Å².